The molecule has 0 saturated carbocycles. The smallest absolute Gasteiger partial charge is 0.222 e. The number of hydrogen-bond donors (Lipinski definition) is 0. The van der Waals surface area contributed by atoms with Crippen LogP contribution in [0, 0.1) is 0 Å². The maximum absolute atomic E-state index is 11.8. The van der Waals surface area contributed by atoms with Crippen molar-refractivity contribution in [2.24, 2.45) is 0 Å². The third-order valence-corrected chi connectivity index (χ3v) is 3.82. The molecule has 0 bridgehead atoms. The van der Waals surface area contributed by atoms with Gasteiger partial charge in [-0.15, -0.1) is 23.1 Å². The fraction of sp³-hybridized carbons (Fsp3) is 0.0833. The minimum atomic E-state index is -0.0947. The van der Waals surface area contributed by atoms with Gasteiger partial charge in [-0.1, -0.05) is 6.07 Å². The molecule has 0 aliphatic carbocycles. The highest BCUT2D eigenvalue weighted by Crippen LogP contribution is 2.29. The molecule has 0 unspecified atom stereocenters. The molecule has 4 heteroatoms. The minimum Gasteiger partial charge on any atom is -0.461 e. The van der Waals surface area contributed by atoms with Gasteiger partial charge in [-0.3, -0.25) is 4.79 Å². The number of rotatable bonds is 4. The topological polar surface area (TPSA) is 30.2 Å². The summed E-state index contributed by atoms with van der Waals surface area (Å²) in [7, 11) is 0. The first kappa shape index (κ1) is 11.2. The van der Waals surface area contributed by atoms with Crippen molar-refractivity contribution in [3.63, 3.8) is 0 Å². The molecule has 16 heavy (non-hydrogen) atoms. The molecule has 2 nitrogen and oxygen atoms in total. The van der Waals surface area contributed by atoms with Crippen LogP contribution in [-0.2, 0) is 0 Å². The average Bonchev–Trinajstić information content (AvgIpc) is 2.96. The fourth-order valence-corrected chi connectivity index (χ4v) is 2.78. The molecule has 2 aromatic rings. The van der Waals surface area contributed by atoms with E-state index >= 15 is 0 Å². The first-order chi connectivity index (χ1) is 7.81. The van der Waals surface area contributed by atoms with Crippen molar-refractivity contribution in [2.75, 3.05) is 6.26 Å². The summed E-state index contributed by atoms with van der Waals surface area (Å²) >= 11 is 3.19. The molecule has 0 atom stereocenters. The van der Waals surface area contributed by atoms with E-state index in [0.29, 0.717) is 5.76 Å². The predicted molar refractivity (Wildman–Crippen MR) is 68.8 cm³/mol. The summed E-state index contributed by atoms with van der Waals surface area (Å²) in [4.78, 5) is 13.9. The Morgan fingerprint density at radius 3 is 2.88 bits per heavy atom. The van der Waals surface area contributed by atoms with Crippen LogP contribution in [0.15, 0.2) is 46.4 Å². The van der Waals surface area contributed by atoms with E-state index in [2.05, 4.69) is 0 Å². The lowest BCUT2D eigenvalue weighted by atomic mass is 10.2. The lowest BCUT2D eigenvalue weighted by Crippen LogP contribution is -1.92. The Balaban J connectivity index is 2.25. The van der Waals surface area contributed by atoms with Gasteiger partial charge in [-0.05, 0) is 29.8 Å². The second kappa shape index (κ2) is 5.18. The second-order valence-electron chi connectivity index (χ2n) is 3.03. The van der Waals surface area contributed by atoms with Gasteiger partial charge in [0.1, 0.15) is 0 Å². The summed E-state index contributed by atoms with van der Waals surface area (Å²) < 4.78 is 5.06. The van der Waals surface area contributed by atoms with Crippen molar-refractivity contribution in [1.82, 2.24) is 0 Å². The SMILES string of the molecule is CS/C(=C\C(=O)c1ccco1)c1cccs1. The van der Waals surface area contributed by atoms with Gasteiger partial charge >= 0.3 is 0 Å². The normalized spacial score (nSPS) is 11.7. The van der Waals surface area contributed by atoms with Gasteiger partial charge in [0.2, 0.25) is 5.78 Å². The van der Waals surface area contributed by atoms with Crippen LogP contribution in [0.2, 0.25) is 0 Å². The van der Waals surface area contributed by atoms with Gasteiger partial charge < -0.3 is 4.42 Å². The first-order valence-electron chi connectivity index (χ1n) is 4.68. The van der Waals surface area contributed by atoms with Crippen LogP contribution in [0.25, 0.3) is 4.91 Å². The molecule has 82 valence electrons. The number of carbonyl (C=O) groups excluding carboxylic acids is 1. The third-order valence-electron chi connectivity index (χ3n) is 2.01. The Morgan fingerprint density at radius 2 is 2.31 bits per heavy atom. The van der Waals surface area contributed by atoms with Gasteiger partial charge in [0, 0.05) is 15.9 Å². The molecule has 0 aliphatic heterocycles. The van der Waals surface area contributed by atoms with Crippen LogP contribution in [0.3, 0.4) is 0 Å². The number of allylic oxidation sites excluding steroid dienone is 1. The number of hydrogen-bond acceptors (Lipinski definition) is 4. The van der Waals surface area contributed by atoms with Gasteiger partial charge in [0.05, 0.1) is 6.26 Å². The molecule has 2 rings (SSSR count). The van der Waals surface area contributed by atoms with E-state index in [1.807, 2.05) is 23.8 Å². The summed E-state index contributed by atoms with van der Waals surface area (Å²) in [6.45, 7) is 0. The summed E-state index contributed by atoms with van der Waals surface area (Å²) in [6.07, 6.45) is 5.08. The number of ketones is 1. The van der Waals surface area contributed by atoms with Crippen molar-refractivity contribution in [1.29, 1.82) is 0 Å². The highest BCUT2D eigenvalue weighted by molar-refractivity contribution is 8.07. The fourth-order valence-electron chi connectivity index (χ4n) is 1.26. The molecular weight excluding hydrogens is 240 g/mol. The molecule has 0 radical (unpaired) electrons. The van der Waals surface area contributed by atoms with Gasteiger partial charge in [0.25, 0.3) is 0 Å². The zero-order valence-corrected chi connectivity index (χ0v) is 10.3. The van der Waals surface area contributed by atoms with E-state index in [9.17, 15) is 4.79 Å². The van der Waals surface area contributed by atoms with E-state index in [-0.39, 0.29) is 5.78 Å². The van der Waals surface area contributed by atoms with E-state index in [0.717, 1.165) is 9.78 Å². The first-order valence-corrected chi connectivity index (χ1v) is 6.79. The molecule has 2 heterocycles. The van der Waals surface area contributed by atoms with Crippen LogP contribution in [-0.4, -0.2) is 12.0 Å². The number of thioether (sulfide) groups is 1. The van der Waals surface area contributed by atoms with Crippen LogP contribution < -0.4 is 0 Å². The molecular formula is C12H10O2S2. The highest BCUT2D eigenvalue weighted by atomic mass is 32.2. The molecule has 0 N–H and O–H groups in total. The minimum absolute atomic E-state index is 0.0947. The maximum atomic E-state index is 11.8. The standard InChI is InChI=1S/C12H10O2S2/c1-15-12(11-5-3-7-16-11)8-9(13)10-4-2-6-14-10/h2-8H,1H3/b12-8-. The van der Waals surface area contributed by atoms with Crippen LogP contribution in [0.5, 0.6) is 0 Å². The average molecular weight is 250 g/mol. The number of thiophene rings is 1. The Kier molecular flexibility index (Phi) is 3.64. The second-order valence-corrected chi connectivity index (χ2v) is 4.83. The van der Waals surface area contributed by atoms with Crippen molar-refractivity contribution in [3.05, 3.63) is 52.6 Å². The summed E-state index contributed by atoms with van der Waals surface area (Å²) in [6, 6.07) is 7.36. The van der Waals surface area contributed by atoms with Gasteiger partial charge in [-0.25, -0.2) is 0 Å². The Bertz CT molecular complexity index is 481. The van der Waals surface area contributed by atoms with E-state index < -0.39 is 0 Å². The van der Waals surface area contributed by atoms with Crippen molar-refractivity contribution in [2.45, 2.75) is 0 Å². The molecule has 0 amide bonds. The Morgan fingerprint density at radius 1 is 1.44 bits per heavy atom. The third kappa shape index (κ3) is 2.46. The summed E-state index contributed by atoms with van der Waals surface area (Å²) in [5.74, 6) is 0.283. The molecule has 2 aromatic heterocycles. The molecule has 0 fully saturated rings. The van der Waals surface area contributed by atoms with Gasteiger partial charge in [-0.2, -0.15) is 0 Å². The number of furan rings is 1. The largest absolute Gasteiger partial charge is 0.461 e. The monoisotopic (exact) mass is 250 g/mol. The van der Waals surface area contributed by atoms with Crippen molar-refractivity contribution >= 4 is 33.8 Å². The van der Waals surface area contributed by atoms with E-state index in [1.165, 1.54) is 6.26 Å². The summed E-state index contributed by atoms with van der Waals surface area (Å²) in [5, 5.41) is 2.00. The maximum Gasteiger partial charge on any atom is 0.222 e. The molecule has 0 spiro atoms. The van der Waals surface area contributed by atoms with Crippen LogP contribution >= 0.6 is 23.1 Å². The zero-order chi connectivity index (χ0) is 11.4. The van der Waals surface area contributed by atoms with Crippen LogP contribution in [0.1, 0.15) is 15.4 Å². The lowest BCUT2D eigenvalue weighted by molar-refractivity contribution is 0.102. The molecule has 0 saturated heterocycles. The van der Waals surface area contributed by atoms with Crippen molar-refractivity contribution < 1.29 is 9.21 Å². The summed E-state index contributed by atoms with van der Waals surface area (Å²) in [5.41, 5.74) is 0. The predicted octanol–water partition coefficient (Wildman–Crippen LogP) is 3.93. The lowest BCUT2D eigenvalue weighted by Gasteiger charge is -1.99. The zero-order valence-electron chi connectivity index (χ0n) is 8.67. The highest BCUT2D eigenvalue weighted by Gasteiger charge is 2.09. The van der Waals surface area contributed by atoms with E-state index in [1.54, 1.807) is 41.3 Å². The molecule has 0 aliphatic rings. The Labute approximate surface area is 102 Å². The molecule has 0 aromatic carbocycles. The van der Waals surface area contributed by atoms with Gasteiger partial charge in [0.15, 0.2) is 5.76 Å². The Hall–Kier alpha value is -1.26. The quantitative estimate of drug-likeness (QED) is 0.608. The number of carbonyl (C=O) groups is 1. The van der Waals surface area contributed by atoms with Crippen LogP contribution in [0.4, 0.5) is 0 Å². The van der Waals surface area contributed by atoms with Crippen molar-refractivity contribution in [3.8, 4) is 0 Å². The van der Waals surface area contributed by atoms with E-state index in [4.69, 9.17) is 4.42 Å².